The van der Waals surface area contributed by atoms with Crippen LogP contribution in [0.5, 0.6) is 0 Å². The Morgan fingerprint density at radius 2 is 2.00 bits per heavy atom. The van der Waals surface area contributed by atoms with Crippen LogP contribution in [0, 0.1) is 11.2 Å². The Morgan fingerprint density at radius 1 is 1.47 bits per heavy atom. The number of carbonyl (C=O) groups is 1. The highest BCUT2D eigenvalue weighted by atomic mass is 19.1. The summed E-state index contributed by atoms with van der Waals surface area (Å²) >= 11 is 0. The van der Waals surface area contributed by atoms with Gasteiger partial charge in [0.2, 0.25) is 0 Å². The minimum Gasteiger partial charge on any atom is -0.481 e. The number of aliphatic carboxylic acids is 1. The molecule has 0 spiro atoms. The van der Waals surface area contributed by atoms with E-state index in [1.54, 1.807) is 12.1 Å². The molecule has 0 saturated carbocycles. The largest absolute Gasteiger partial charge is 0.481 e. The zero-order valence-corrected chi connectivity index (χ0v) is 8.70. The molecule has 1 unspecified atom stereocenters. The second-order valence-corrected chi connectivity index (χ2v) is 4.03. The fourth-order valence-corrected chi connectivity index (χ4v) is 1.25. The van der Waals surface area contributed by atoms with E-state index in [1.807, 2.05) is 0 Å². The van der Waals surface area contributed by atoms with Crippen molar-refractivity contribution in [2.45, 2.75) is 19.9 Å². The van der Waals surface area contributed by atoms with Crippen LogP contribution in [-0.4, -0.2) is 11.1 Å². The third-order valence-electron chi connectivity index (χ3n) is 2.57. The first-order valence-corrected chi connectivity index (χ1v) is 4.60. The van der Waals surface area contributed by atoms with E-state index in [1.165, 1.54) is 26.0 Å². The number of halogens is 1. The molecule has 4 heteroatoms. The average molecular weight is 211 g/mol. The Kier molecular flexibility index (Phi) is 3.09. The van der Waals surface area contributed by atoms with Crippen molar-refractivity contribution in [2.24, 2.45) is 11.1 Å². The molecule has 0 amide bonds. The monoisotopic (exact) mass is 211 g/mol. The van der Waals surface area contributed by atoms with Crippen LogP contribution in [-0.2, 0) is 4.79 Å². The van der Waals surface area contributed by atoms with Gasteiger partial charge in [0.25, 0.3) is 0 Å². The molecule has 1 aromatic rings. The fraction of sp³-hybridized carbons (Fsp3) is 0.364. The summed E-state index contributed by atoms with van der Waals surface area (Å²) in [4.78, 5) is 10.9. The molecule has 0 bridgehead atoms. The van der Waals surface area contributed by atoms with Crippen molar-refractivity contribution < 1.29 is 14.3 Å². The van der Waals surface area contributed by atoms with Crippen LogP contribution in [0.4, 0.5) is 4.39 Å². The zero-order chi connectivity index (χ0) is 11.6. The van der Waals surface area contributed by atoms with E-state index < -0.39 is 23.2 Å². The molecule has 0 fully saturated rings. The number of hydrogen-bond acceptors (Lipinski definition) is 2. The lowest BCUT2D eigenvalue weighted by Crippen LogP contribution is -2.36. The number of carboxylic acid groups (broad SMARTS) is 1. The highest BCUT2D eigenvalue weighted by Gasteiger charge is 2.36. The van der Waals surface area contributed by atoms with Gasteiger partial charge in [0.15, 0.2) is 0 Å². The molecule has 0 aromatic heterocycles. The first kappa shape index (κ1) is 11.7. The van der Waals surface area contributed by atoms with Crippen molar-refractivity contribution in [1.29, 1.82) is 0 Å². The lowest BCUT2D eigenvalue weighted by molar-refractivity contribution is -0.148. The van der Waals surface area contributed by atoms with E-state index in [-0.39, 0.29) is 5.56 Å². The maximum Gasteiger partial charge on any atom is 0.311 e. The molecule has 1 rings (SSSR count). The summed E-state index contributed by atoms with van der Waals surface area (Å²) in [5.41, 5.74) is 4.79. The first-order chi connectivity index (χ1) is 6.87. The minimum atomic E-state index is -1.19. The van der Waals surface area contributed by atoms with Crippen LogP contribution in [0.15, 0.2) is 24.3 Å². The standard InChI is InChI=1S/C11H14FNO2/c1-11(2,10(14)15)9(13)7-5-3-4-6-8(7)12/h3-6,9H,13H2,1-2H3,(H,14,15). The molecule has 0 radical (unpaired) electrons. The van der Waals surface area contributed by atoms with E-state index >= 15 is 0 Å². The molecule has 0 aliphatic heterocycles. The van der Waals surface area contributed by atoms with Gasteiger partial charge in [-0.3, -0.25) is 4.79 Å². The predicted octanol–water partition coefficient (Wildman–Crippen LogP) is 1.94. The van der Waals surface area contributed by atoms with Gasteiger partial charge in [-0.2, -0.15) is 0 Å². The SMILES string of the molecule is CC(C)(C(=O)O)C(N)c1ccccc1F. The van der Waals surface area contributed by atoms with Crippen molar-refractivity contribution >= 4 is 5.97 Å². The summed E-state index contributed by atoms with van der Waals surface area (Å²) < 4.78 is 13.4. The highest BCUT2D eigenvalue weighted by Crippen LogP contribution is 2.32. The van der Waals surface area contributed by atoms with Crippen LogP contribution in [0.2, 0.25) is 0 Å². The number of carboxylic acids is 1. The predicted molar refractivity (Wildman–Crippen MR) is 54.7 cm³/mol. The lowest BCUT2D eigenvalue weighted by atomic mass is 9.81. The lowest BCUT2D eigenvalue weighted by Gasteiger charge is -2.27. The van der Waals surface area contributed by atoms with E-state index in [0.29, 0.717) is 0 Å². The Bertz CT molecular complexity index is 377. The van der Waals surface area contributed by atoms with E-state index in [4.69, 9.17) is 10.8 Å². The summed E-state index contributed by atoms with van der Waals surface area (Å²) in [6.45, 7) is 2.96. The molecule has 1 aromatic carbocycles. The smallest absolute Gasteiger partial charge is 0.311 e. The summed E-state index contributed by atoms with van der Waals surface area (Å²) in [5.74, 6) is -1.52. The summed E-state index contributed by atoms with van der Waals surface area (Å²) in [6.07, 6.45) is 0. The quantitative estimate of drug-likeness (QED) is 0.803. The molecule has 3 nitrogen and oxygen atoms in total. The van der Waals surface area contributed by atoms with Crippen LogP contribution in [0.25, 0.3) is 0 Å². The number of nitrogens with two attached hydrogens (primary N) is 1. The van der Waals surface area contributed by atoms with Gasteiger partial charge < -0.3 is 10.8 Å². The molecule has 15 heavy (non-hydrogen) atoms. The third kappa shape index (κ3) is 2.15. The van der Waals surface area contributed by atoms with Crippen molar-refractivity contribution in [3.05, 3.63) is 35.6 Å². The Morgan fingerprint density at radius 3 is 2.47 bits per heavy atom. The molecule has 1 atom stereocenters. The topological polar surface area (TPSA) is 63.3 Å². The van der Waals surface area contributed by atoms with E-state index in [0.717, 1.165) is 0 Å². The molecule has 82 valence electrons. The van der Waals surface area contributed by atoms with E-state index in [2.05, 4.69) is 0 Å². The Labute approximate surface area is 87.7 Å². The van der Waals surface area contributed by atoms with Crippen LogP contribution >= 0.6 is 0 Å². The van der Waals surface area contributed by atoms with Crippen molar-refractivity contribution in [1.82, 2.24) is 0 Å². The van der Waals surface area contributed by atoms with Gasteiger partial charge >= 0.3 is 5.97 Å². The van der Waals surface area contributed by atoms with Gasteiger partial charge in [0.05, 0.1) is 5.41 Å². The molecular formula is C11H14FNO2. The Balaban J connectivity index is 3.10. The van der Waals surface area contributed by atoms with Crippen LogP contribution < -0.4 is 5.73 Å². The molecule has 3 N–H and O–H groups in total. The third-order valence-corrected chi connectivity index (χ3v) is 2.57. The molecular weight excluding hydrogens is 197 g/mol. The van der Waals surface area contributed by atoms with Crippen LogP contribution in [0.3, 0.4) is 0 Å². The number of hydrogen-bond donors (Lipinski definition) is 2. The summed E-state index contributed by atoms with van der Waals surface area (Å²) in [6, 6.07) is 5.09. The maximum absolute atomic E-state index is 13.4. The summed E-state index contributed by atoms with van der Waals surface area (Å²) in [5, 5.41) is 8.96. The first-order valence-electron chi connectivity index (χ1n) is 4.60. The molecule has 0 aliphatic rings. The number of rotatable bonds is 3. The van der Waals surface area contributed by atoms with Gasteiger partial charge in [0.1, 0.15) is 5.82 Å². The van der Waals surface area contributed by atoms with Gasteiger partial charge in [-0.1, -0.05) is 18.2 Å². The minimum absolute atomic E-state index is 0.227. The van der Waals surface area contributed by atoms with Gasteiger partial charge in [-0.25, -0.2) is 4.39 Å². The molecule has 0 heterocycles. The van der Waals surface area contributed by atoms with Gasteiger partial charge in [-0.15, -0.1) is 0 Å². The Hall–Kier alpha value is -1.42. The van der Waals surface area contributed by atoms with E-state index in [9.17, 15) is 9.18 Å². The van der Waals surface area contributed by atoms with Crippen molar-refractivity contribution in [3.8, 4) is 0 Å². The molecule has 0 saturated heterocycles. The van der Waals surface area contributed by atoms with Gasteiger partial charge in [-0.05, 0) is 19.9 Å². The van der Waals surface area contributed by atoms with Gasteiger partial charge in [0, 0.05) is 11.6 Å². The maximum atomic E-state index is 13.4. The van der Waals surface area contributed by atoms with Crippen molar-refractivity contribution in [2.75, 3.05) is 0 Å². The highest BCUT2D eigenvalue weighted by molar-refractivity contribution is 5.75. The number of benzene rings is 1. The summed E-state index contributed by atoms with van der Waals surface area (Å²) in [7, 11) is 0. The second kappa shape index (κ2) is 3.98. The van der Waals surface area contributed by atoms with Crippen LogP contribution in [0.1, 0.15) is 25.5 Å². The fourth-order valence-electron chi connectivity index (χ4n) is 1.25. The average Bonchev–Trinajstić information content (AvgIpc) is 2.17. The normalized spacial score (nSPS) is 13.6. The van der Waals surface area contributed by atoms with Crippen molar-refractivity contribution in [3.63, 3.8) is 0 Å². The molecule has 0 aliphatic carbocycles. The zero-order valence-electron chi connectivity index (χ0n) is 8.70. The second-order valence-electron chi connectivity index (χ2n) is 4.03.